The lowest BCUT2D eigenvalue weighted by Crippen LogP contribution is -2.18. The molecule has 11 heteroatoms. The van der Waals surface area contributed by atoms with E-state index < -0.39 is 33.4 Å². The van der Waals surface area contributed by atoms with Crippen molar-refractivity contribution in [1.82, 2.24) is 4.98 Å². The number of rotatable bonds is 7. The fourth-order valence-corrected chi connectivity index (χ4v) is 3.95. The standard InChI is InChI=1S/C18H21FN4O4S.C5H10O/c1-11(20)22-17(10-28(3,25)26)14-8-12(4-6-15(14)19)23-18(24)16-7-5-13(27-2)9-21-16;1-2-4-6-5-3-1/h4-9,17H,10H2,1-3H3,(H2,20,22)(H,23,24);1-5H2. The van der Waals surface area contributed by atoms with Crippen molar-refractivity contribution in [2.45, 2.75) is 32.2 Å². The summed E-state index contributed by atoms with van der Waals surface area (Å²) in [6.45, 7) is 3.48. The van der Waals surface area contributed by atoms with Crippen LogP contribution in [0.25, 0.3) is 0 Å². The number of aromatic nitrogens is 1. The fraction of sp³-hybridized carbons (Fsp3) is 0.435. The van der Waals surface area contributed by atoms with Crippen LogP contribution in [0.3, 0.4) is 0 Å². The molecule has 3 rings (SSSR count). The molecule has 0 bridgehead atoms. The predicted octanol–water partition coefficient (Wildman–Crippen LogP) is 3.13. The Bertz CT molecular complexity index is 1070. The number of ether oxygens (including phenoxy) is 2. The number of sulfone groups is 1. The zero-order valence-corrected chi connectivity index (χ0v) is 20.4. The van der Waals surface area contributed by atoms with Crippen molar-refractivity contribution >= 4 is 27.3 Å². The molecule has 0 saturated carbocycles. The van der Waals surface area contributed by atoms with Gasteiger partial charge in [-0.3, -0.25) is 9.79 Å². The van der Waals surface area contributed by atoms with Crippen LogP contribution < -0.4 is 15.8 Å². The van der Waals surface area contributed by atoms with E-state index in [9.17, 15) is 17.6 Å². The van der Waals surface area contributed by atoms with Crippen molar-refractivity contribution in [3.05, 3.63) is 53.6 Å². The molecule has 0 radical (unpaired) electrons. The van der Waals surface area contributed by atoms with Gasteiger partial charge in [0.05, 0.1) is 30.9 Å². The zero-order valence-electron chi connectivity index (χ0n) is 19.6. The first-order chi connectivity index (χ1) is 16.1. The maximum Gasteiger partial charge on any atom is 0.274 e. The van der Waals surface area contributed by atoms with Crippen LogP contribution in [-0.2, 0) is 14.6 Å². The molecule has 2 heterocycles. The summed E-state index contributed by atoms with van der Waals surface area (Å²) in [5, 5.41) is 2.60. The van der Waals surface area contributed by atoms with Crippen LogP contribution in [0.15, 0.2) is 41.5 Å². The lowest BCUT2D eigenvalue weighted by molar-refractivity contribution is 0.0968. The minimum absolute atomic E-state index is 0.00992. The molecule has 1 amide bonds. The molecule has 2 aromatic rings. The number of benzene rings is 1. The second-order valence-electron chi connectivity index (χ2n) is 7.83. The highest BCUT2D eigenvalue weighted by atomic mass is 32.2. The van der Waals surface area contributed by atoms with Crippen LogP contribution in [0.2, 0.25) is 0 Å². The number of nitrogens with two attached hydrogens (primary N) is 1. The van der Waals surface area contributed by atoms with Gasteiger partial charge in [-0.15, -0.1) is 0 Å². The van der Waals surface area contributed by atoms with Crippen LogP contribution in [0.4, 0.5) is 10.1 Å². The smallest absolute Gasteiger partial charge is 0.274 e. The van der Waals surface area contributed by atoms with E-state index in [4.69, 9.17) is 15.2 Å². The van der Waals surface area contributed by atoms with Crippen LogP contribution in [0.1, 0.15) is 48.3 Å². The summed E-state index contributed by atoms with van der Waals surface area (Å²) >= 11 is 0. The third-order valence-corrected chi connectivity index (χ3v) is 5.64. The van der Waals surface area contributed by atoms with Crippen molar-refractivity contribution in [3.8, 4) is 5.75 Å². The quantitative estimate of drug-likeness (QED) is 0.446. The molecule has 186 valence electrons. The van der Waals surface area contributed by atoms with E-state index >= 15 is 0 Å². The summed E-state index contributed by atoms with van der Waals surface area (Å²) in [4.78, 5) is 20.3. The Kier molecular flexibility index (Phi) is 10.4. The number of amides is 1. The number of methoxy groups -OCH3 is 1. The zero-order chi connectivity index (χ0) is 25.1. The van der Waals surface area contributed by atoms with Gasteiger partial charge in [0.15, 0.2) is 0 Å². The third kappa shape index (κ3) is 9.44. The van der Waals surface area contributed by atoms with Crippen molar-refractivity contribution in [3.63, 3.8) is 0 Å². The monoisotopic (exact) mass is 494 g/mol. The maximum atomic E-state index is 14.3. The number of amidine groups is 1. The highest BCUT2D eigenvalue weighted by Crippen LogP contribution is 2.26. The van der Waals surface area contributed by atoms with Crippen molar-refractivity contribution in [1.29, 1.82) is 0 Å². The molecule has 3 N–H and O–H groups in total. The first kappa shape index (κ1) is 27.2. The van der Waals surface area contributed by atoms with Gasteiger partial charge < -0.3 is 20.5 Å². The fourth-order valence-electron chi connectivity index (χ4n) is 3.12. The van der Waals surface area contributed by atoms with Crippen LogP contribution in [-0.4, -0.2) is 57.5 Å². The number of nitrogens with zero attached hydrogens (tertiary/aromatic N) is 2. The summed E-state index contributed by atoms with van der Waals surface area (Å²) in [7, 11) is -1.98. The first-order valence-corrected chi connectivity index (χ1v) is 12.8. The summed E-state index contributed by atoms with van der Waals surface area (Å²) < 4.78 is 47.8. The lowest BCUT2D eigenvalue weighted by Gasteiger charge is -2.15. The lowest BCUT2D eigenvalue weighted by atomic mass is 10.1. The number of nitrogens with one attached hydrogen (secondary N) is 1. The Labute approximate surface area is 199 Å². The van der Waals surface area contributed by atoms with Gasteiger partial charge in [-0.05, 0) is 56.5 Å². The third-order valence-electron chi connectivity index (χ3n) is 4.71. The number of halogens is 1. The second-order valence-corrected chi connectivity index (χ2v) is 10.0. The number of anilines is 1. The van der Waals surface area contributed by atoms with E-state index in [-0.39, 0.29) is 22.8 Å². The van der Waals surface area contributed by atoms with Crippen LogP contribution in [0.5, 0.6) is 5.75 Å². The Morgan fingerprint density at radius 1 is 1.26 bits per heavy atom. The number of hydrogen-bond donors (Lipinski definition) is 2. The Morgan fingerprint density at radius 3 is 2.44 bits per heavy atom. The average Bonchev–Trinajstić information content (AvgIpc) is 2.80. The minimum atomic E-state index is -3.46. The number of carbonyl (C=O) groups is 1. The molecule has 1 aliphatic rings. The normalized spacial score (nSPS) is 15.0. The van der Waals surface area contributed by atoms with Gasteiger partial charge in [0.2, 0.25) is 0 Å². The van der Waals surface area contributed by atoms with Gasteiger partial charge >= 0.3 is 0 Å². The topological polar surface area (TPSA) is 133 Å². The molecule has 0 aliphatic carbocycles. The van der Waals surface area contributed by atoms with Gasteiger partial charge in [-0.2, -0.15) is 0 Å². The van der Waals surface area contributed by atoms with Gasteiger partial charge in [-0.1, -0.05) is 0 Å². The van der Waals surface area contributed by atoms with Gasteiger partial charge in [0.1, 0.15) is 27.1 Å². The maximum absolute atomic E-state index is 14.3. The molecule has 1 aromatic carbocycles. The molecule has 9 nitrogen and oxygen atoms in total. The van der Waals surface area contributed by atoms with E-state index in [0.29, 0.717) is 5.75 Å². The molecule has 1 atom stereocenters. The number of aliphatic imine (C=N–C) groups is 1. The highest BCUT2D eigenvalue weighted by molar-refractivity contribution is 7.90. The van der Waals surface area contributed by atoms with Gasteiger partial charge in [0.25, 0.3) is 5.91 Å². The predicted molar refractivity (Wildman–Crippen MR) is 130 cm³/mol. The second kappa shape index (κ2) is 13.0. The van der Waals surface area contributed by atoms with Gasteiger partial charge in [0, 0.05) is 30.7 Å². The summed E-state index contributed by atoms with van der Waals surface area (Å²) in [5.74, 6) is -0.975. The van der Waals surface area contributed by atoms with Crippen molar-refractivity contribution in [2.24, 2.45) is 10.7 Å². The Morgan fingerprint density at radius 2 is 1.97 bits per heavy atom. The Balaban J connectivity index is 0.000000589. The SMILES string of the molecule is C1CCOCC1.COc1ccc(C(=O)Nc2ccc(F)c(C(CS(C)(=O)=O)N=C(C)N)c2)nc1. The molecular weight excluding hydrogens is 463 g/mol. The van der Waals surface area contributed by atoms with Crippen molar-refractivity contribution in [2.75, 3.05) is 37.6 Å². The molecule has 1 aromatic heterocycles. The van der Waals surface area contributed by atoms with Crippen LogP contribution >= 0.6 is 0 Å². The van der Waals surface area contributed by atoms with E-state index in [1.807, 2.05) is 0 Å². The molecule has 1 unspecified atom stereocenters. The summed E-state index contributed by atoms with van der Waals surface area (Å²) in [5.41, 5.74) is 5.97. The van der Waals surface area contributed by atoms with Crippen molar-refractivity contribution < 1.29 is 27.1 Å². The average molecular weight is 495 g/mol. The summed E-state index contributed by atoms with van der Waals surface area (Å²) in [6.07, 6.45) is 6.35. The van der Waals surface area contributed by atoms with E-state index in [0.717, 1.165) is 25.5 Å². The van der Waals surface area contributed by atoms with Gasteiger partial charge in [-0.25, -0.2) is 17.8 Å². The highest BCUT2D eigenvalue weighted by Gasteiger charge is 2.21. The molecular formula is C23H31FN4O5S. The molecule has 1 saturated heterocycles. The summed E-state index contributed by atoms with van der Waals surface area (Å²) in [6, 6.07) is 5.85. The first-order valence-electron chi connectivity index (χ1n) is 10.7. The Hall–Kier alpha value is -3.05. The largest absolute Gasteiger partial charge is 0.495 e. The minimum Gasteiger partial charge on any atom is -0.495 e. The molecule has 1 aliphatic heterocycles. The van der Waals surface area contributed by atoms with Crippen LogP contribution in [0, 0.1) is 5.82 Å². The number of pyridine rings is 1. The molecule has 0 spiro atoms. The van der Waals surface area contributed by atoms with E-state index in [1.165, 1.54) is 57.7 Å². The number of hydrogen-bond acceptors (Lipinski definition) is 7. The molecule has 34 heavy (non-hydrogen) atoms. The van der Waals surface area contributed by atoms with E-state index in [1.54, 1.807) is 6.07 Å². The number of carbonyl (C=O) groups excluding carboxylic acids is 1. The van der Waals surface area contributed by atoms with E-state index in [2.05, 4.69) is 15.3 Å². The molecule has 1 fully saturated rings.